The Morgan fingerprint density at radius 3 is 2.27 bits per heavy atom. The lowest BCUT2D eigenvalue weighted by atomic mass is 9.43. The number of cyclic esters (lactones) is 1. The van der Waals surface area contributed by atoms with Crippen LogP contribution in [-0.2, 0) is 28.5 Å². The molecule has 2 saturated heterocycles. The molecule has 278 valence electrons. The summed E-state index contributed by atoms with van der Waals surface area (Å²) in [6.07, 6.45) is -5.76. The van der Waals surface area contributed by atoms with Gasteiger partial charge in [0.25, 0.3) is 0 Å². The van der Waals surface area contributed by atoms with E-state index in [9.17, 15) is 45.6 Å². The van der Waals surface area contributed by atoms with Crippen molar-refractivity contribution in [3.8, 4) is 0 Å². The van der Waals surface area contributed by atoms with Crippen molar-refractivity contribution in [1.82, 2.24) is 0 Å². The second-order valence-corrected chi connectivity index (χ2v) is 16.2. The molecule has 49 heavy (non-hydrogen) atoms. The van der Waals surface area contributed by atoms with Gasteiger partial charge in [0.15, 0.2) is 12.6 Å². The third-order valence-electron chi connectivity index (χ3n) is 14.2. The maximum Gasteiger partial charge on any atom is 0.331 e. The van der Waals surface area contributed by atoms with Crippen LogP contribution in [-0.4, -0.2) is 140 Å². The van der Waals surface area contributed by atoms with Crippen molar-refractivity contribution in [3.05, 3.63) is 11.6 Å². The third kappa shape index (κ3) is 5.64. The highest BCUT2D eigenvalue weighted by molar-refractivity contribution is 5.85. The van der Waals surface area contributed by atoms with Crippen molar-refractivity contribution in [1.29, 1.82) is 0 Å². The Kier molecular flexibility index (Phi) is 9.80. The van der Waals surface area contributed by atoms with Crippen molar-refractivity contribution in [2.45, 2.75) is 145 Å². The number of ether oxygens (including phenoxy) is 5. The lowest BCUT2D eigenvalue weighted by molar-refractivity contribution is -0.360. The second kappa shape index (κ2) is 13.3. The second-order valence-electron chi connectivity index (χ2n) is 16.2. The van der Waals surface area contributed by atoms with Crippen LogP contribution in [0.5, 0.6) is 0 Å². The van der Waals surface area contributed by atoms with Crippen LogP contribution < -0.4 is 0 Å². The summed E-state index contributed by atoms with van der Waals surface area (Å²) in [6, 6.07) is 0. The van der Waals surface area contributed by atoms with Crippen molar-refractivity contribution in [3.63, 3.8) is 0 Å². The highest BCUT2D eigenvalue weighted by Crippen LogP contribution is 2.70. The summed E-state index contributed by atoms with van der Waals surface area (Å²) in [5.41, 5.74) is -0.641. The van der Waals surface area contributed by atoms with Crippen LogP contribution in [0.25, 0.3) is 0 Å². The molecule has 0 aromatic heterocycles. The maximum atomic E-state index is 12.5. The number of rotatable bonds is 7. The summed E-state index contributed by atoms with van der Waals surface area (Å²) in [5.74, 6) is 0.104. The van der Waals surface area contributed by atoms with Gasteiger partial charge >= 0.3 is 5.97 Å². The Morgan fingerprint density at radius 2 is 1.57 bits per heavy atom. The SMILES string of the molecule is C[C@H]1O[C@@H](O[C@H]2CC[C@@]3(CO)[C@@H](CC[C@@H]4[C@@H]3CC[C@]3(C)[C@@H](C5=CC(=O)OC5)CC[C@]43O)C2)[C@H](O)[C@@H](O)[C@@H]1O[C@@H]1O[C@H](CO)[C@@H](O)[C@H](O)[C@H]1O. The van der Waals surface area contributed by atoms with E-state index in [4.69, 9.17) is 23.7 Å². The number of hydrogen-bond acceptors (Lipinski definition) is 14. The molecule has 14 nitrogen and oxygen atoms in total. The lowest BCUT2D eigenvalue weighted by Crippen LogP contribution is -2.64. The molecule has 7 rings (SSSR count). The van der Waals surface area contributed by atoms with Crippen LogP contribution in [0.3, 0.4) is 0 Å². The van der Waals surface area contributed by atoms with Gasteiger partial charge in [-0.15, -0.1) is 0 Å². The summed E-state index contributed by atoms with van der Waals surface area (Å²) >= 11 is 0. The molecule has 4 aliphatic carbocycles. The van der Waals surface area contributed by atoms with Gasteiger partial charge in [-0.1, -0.05) is 6.92 Å². The molecule has 6 fully saturated rings. The predicted octanol–water partition coefficient (Wildman–Crippen LogP) is -0.747. The van der Waals surface area contributed by atoms with E-state index in [2.05, 4.69) is 6.92 Å². The van der Waals surface area contributed by atoms with Crippen LogP contribution in [0.2, 0.25) is 0 Å². The van der Waals surface area contributed by atoms with Gasteiger partial charge in [0.2, 0.25) is 0 Å². The highest BCUT2D eigenvalue weighted by atomic mass is 16.7. The number of aliphatic hydroxyl groups is 8. The largest absolute Gasteiger partial charge is 0.458 e. The molecule has 3 heterocycles. The molecular weight excluding hydrogens is 644 g/mol. The maximum absolute atomic E-state index is 12.5. The molecule has 14 heteroatoms. The van der Waals surface area contributed by atoms with Crippen LogP contribution in [0.4, 0.5) is 0 Å². The van der Waals surface area contributed by atoms with Gasteiger partial charge in [-0.2, -0.15) is 0 Å². The topological polar surface area (TPSA) is 225 Å². The van der Waals surface area contributed by atoms with Crippen LogP contribution in [0.15, 0.2) is 11.6 Å². The number of carbonyl (C=O) groups excluding carboxylic acids is 1. The summed E-state index contributed by atoms with van der Waals surface area (Å²) in [6.45, 7) is 3.47. The normalized spacial score (nSPS) is 54.4. The Labute approximate surface area is 285 Å². The summed E-state index contributed by atoms with van der Waals surface area (Å²) in [5, 5.41) is 85.8. The molecule has 4 saturated carbocycles. The summed E-state index contributed by atoms with van der Waals surface area (Å²) in [7, 11) is 0. The Bertz CT molecular complexity index is 1260. The lowest BCUT2D eigenvalue weighted by Gasteiger charge is -2.64. The first-order chi connectivity index (χ1) is 23.3. The summed E-state index contributed by atoms with van der Waals surface area (Å²) < 4.78 is 28.7. The smallest absolute Gasteiger partial charge is 0.331 e. The third-order valence-corrected chi connectivity index (χ3v) is 14.2. The molecule has 0 spiro atoms. The molecule has 3 aliphatic heterocycles. The molecule has 0 radical (unpaired) electrons. The first-order valence-corrected chi connectivity index (χ1v) is 18.1. The van der Waals surface area contributed by atoms with E-state index in [1.165, 1.54) is 0 Å². The molecule has 0 unspecified atom stereocenters. The van der Waals surface area contributed by atoms with Crippen molar-refractivity contribution < 1.29 is 69.3 Å². The number of fused-ring (bicyclic) bond motifs is 5. The highest BCUT2D eigenvalue weighted by Gasteiger charge is 2.68. The number of hydrogen-bond donors (Lipinski definition) is 8. The molecule has 0 aromatic carbocycles. The van der Waals surface area contributed by atoms with Gasteiger partial charge in [-0.25, -0.2) is 4.79 Å². The zero-order chi connectivity index (χ0) is 35.0. The number of carbonyl (C=O) groups is 1. The average Bonchev–Trinajstić information content (AvgIpc) is 3.64. The van der Waals surface area contributed by atoms with Gasteiger partial charge in [0.05, 0.1) is 24.4 Å². The average molecular weight is 699 g/mol. The van der Waals surface area contributed by atoms with Gasteiger partial charge in [-0.3, -0.25) is 0 Å². The van der Waals surface area contributed by atoms with E-state index in [0.29, 0.717) is 32.3 Å². The van der Waals surface area contributed by atoms with Gasteiger partial charge in [0, 0.05) is 18.1 Å². The van der Waals surface area contributed by atoms with Gasteiger partial charge in [-0.05, 0) is 99.4 Å². The van der Waals surface area contributed by atoms with E-state index in [-0.39, 0.29) is 53.2 Å². The quantitative estimate of drug-likeness (QED) is 0.121. The van der Waals surface area contributed by atoms with Gasteiger partial charge in [0.1, 0.15) is 49.3 Å². The van der Waals surface area contributed by atoms with Crippen molar-refractivity contribution in [2.24, 2.45) is 34.5 Å². The minimum absolute atomic E-state index is 0.0184. The molecule has 18 atom stereocenters. The van der Waals surface area contributed by atoms with E-state index in [1.54, 1.807) is 13.0 Å². The fraction of sp³-hybridized carbons (Fsp3) is 0.914. The van der Waals surface area contributed by atoms with Gasteiger partial charge < -0.3 is 64.5 Å². The number of esters is 1. The zero-order valence-electron chi connectivity index (χ0n) is 28.3. The summed E-state index contributed by atoms with van der Waals surface area (Å²) in [4.78, 5) is 11.9. The zero-order valence-corrected chi connectivity index (χ0v) is 28.3. The Morgan fingerprint density at radius 1 is 0.837 bits per heavy atom. The van der Waals surface area contributed by atoms with Crippen LogP contribution in [0, 0.1) is 34.5 Å². The van der Waals surface area contributed by atoms with Crippen molar-refractivity contribution in [2.75, 3.05) is 19.8 Å². The molecule has 0 bridgehead atoms. The van der Waals surface area contributed by atoms with E-state index in [1.807, 2.05) is 0 Å². The van der Waals surface area contributed by atoms with Crippen LogP contribution in [0.1, 0.15) is 71.6 Å². The van der Waals surface area contributed by atoms with Crippen molar-refractivity contribution >= 4 is 5.97 Å². The minimum atomic E-state index is -1.67. The molecule has 0 amide bonds. The first kappa shape index (κ1) is 36.1. The molecular formula is C35H54O14. The number of aliphatic hydroxyl groups excluding tert-OH is 7. The van der Waals surface area contributed by atoms with E-state index >= 15 is 0 Å². The van der Waals surface area contributed by atoms with E-state index < -0.39 is 73.6 Å². The Hall–Kier alpha value is -1.27. The molecule has 8 N–H and O–H groups in total. The minimum Gasteiger partial charge on any atom is -0.458 e. The molecule has 7 aliphatic rings. The first-order valence-electron chi connectivity index (χ1n) is 18.1. The monoisotopic (exact) mass is 698 g/mol. The molecule has 0 aromatic rings. The fourth-order valence-electron chi connectivity index (χ4n) is 11.4. The van der Waals surface area contributed by atoms with Crippen LogP contribution >= 0.6 is 0 Å². The predicted molar refractivity (Wildman–Crippen MR) is 167 cm³/mol. The fourth-order valence-corrected chi connectivity index (χ4v) is 11.4. The standard InChI is InChI=1S/C35H54O14/c1-16-30(49-32-28(42)26(40)25(39)23(13-36)48-32)27(41)29(43)31(46-16)47-19-5-9-34(15-37)18(12-19)3-4-22-21(34)6-8-33(2)20(7-10-35(22,33)44)17-11-24(38)45-14-17/h11,16,18-23,25-32,36-37,39-44H,3-10,12-15H2,1-2H3/t16-,18+,19+,20-,21+,22-,23-,25-,26+,27-,28-,29-,30-,31+,32+,33-,34-,35+/m1/s1. The Balaban J connectivity index is 0.995. The van der Waals surface area contributed by atoms with E-state index in [0.717, 1.165) is 37.7 Å².